The minimum Gasteiger partial charge on any atom is -0.506 e. The average molecular weight is 229 g/mol. The van der Waals surface area contributed by atoms with Gasteiger partial charge in [-0.25, -0.2) is 0 Å². The van der Waals surface area contributed by atoms with E-state index in [1.807, 2.05) is 0 Å². The Hall–Kier alpha value is -1.22. The van der Waals surface area contributed by atoms with Crippen LogP contribution in [-0.4, -0.2) is 17.7 Å². The van der Waals surface area contributed by atoms with Crippen LogP contribution in [0.2, 0.25) is 5.02 Å². The van der Waals surface area contributed by atoms with Gasteiger partial charge in [0, 0.05) is 6.42 Å². The fraction of sp³-hybridized carbons (Fsp3) is 0.364. The van der Waals surface area contributed by atoms with E-state index in [0.717, 1.165) is 5.56 Å². The second-order valence-corrected chi connectivity index (χ2v) is 3.50. The summed E-state index contributed by atoms with van der Waals surface area (Å²) >= 11 is 5.72. The summed E-state index contributed by atoms with van der Waals surface area (Å²) in [6.07, 6.45) is 0.897. The van der Waals surface area contributed by atoms with Crippen LogP contribution in [0.15, 0.2) is 18.2 Å². The zero-order valence-corrected chi connectivity index (χ0v) is 9.25. The molecule has 0 unspecified atom stereocenters. The molecule has 0 aromatic heterocycles. The van der Waals surface area contributed by atoms with E-state index >= 15 is 0 Å². The van der Waals surface area contributed by atoms with Crippen molar-refractivity contribution in [3.63, 3.8) is 0 Å². The maximum Gasteiger partial charge on any atom is 0.306 e. The van der Waals surface area contributed by atoms with Crippen LogP contribution in [0.3, 0.4) is 0 Å². The second kappa shape index (κ2) is 5.61. The van der Waals surface area contributed by atoms with Gasteiger partial charge in [-0.3, -0.25) is 4.79 Å². The molecule has 0 heterocycles. The number of ether oxygens (including phenoxy) is 1. The van der Waals surface area contributed by atoms with Gasteiger partial charge in [0.05, 0.1) is 11.6 Å². The molecule has 1 aromatic carbocycles. The molecule has 82 valence electrons. The minimum absolute atomic E-state index is 0.0524. The van der Waals surface area contributed by atoms with Crippen LogP contribution < -0.4 is 0 Å². The number of halogens is 1. The van der Waals surface area contributed by atoms with Gasteiger partial charge in [-0.1, -0.05) is 17.7 Å². The van der Waals surface area contributed by atoms with Crippen molar-refractivity contribution in [3.8, 4) is 5.75 Å². The second-order valence-electron chi connectivity index (χ2n) is 3.09. The van der Waals surface area contributed by atoms with Crippen molar-refractivity contribution in [1.82, 2.24) is 0 Å². The van der Waals surface area contributed by atoms with Crippen LogP contribution in [-0.2, 0) is 16.0 Å². The predicted molar refractivity (Wildman–Crippen MR) is 58.1 cm³/mol. The Bertz CT molecular complexity index is 350. The number of benzene rings is 1. The Morgan fingerprint density at radius 3 is 2.87 bits per heavy atom. The fourth-order valence-corrected chi connectivity index (χ4v) is 1.39. The average Bonchev–Trinajstić information content (AvgIpc) is 2.20. The van der Waals surface area contributed by atoms with Gasteiger partial charge in [-0.2, -0.15) is 0 Å². The molecule has 0 aliphatic rings. The number of phenols is 1. The highest BCUT2D eigenvalue weighted by molar-refractivity contribution is 6.32. The number of phenolic OH excluding ortho intramolecular Hbond substituents is 1. The third-order valence-electron chi connectivity index (χ3n) is 1.94. The van der Waals surface area contributed by atoms with Gasteiger partial charge in [0.1, 0.15) is 5.75 Å². The van der Waals surface area contributed by atoms with Gasteiger partial charge in [0.25, 0.3) is 0 Å². The quantitative estimate of drug-likeness (QED) is 0.806. The number of carbonyl (C=O) groups is 1. The van der Waals surface area contributed by atoms with E-state index in [9.17, 15) is 9.90 Å². The first-order valence-corrected chi connectivity index (χ1v) is 5.14. The van der Waals surface area contributed by atoms with E-state index in [1.165, 1.54) is 6.07 Å². The van der Waals surface area contributed by atoms with Crippen molar-refractivity contribution in [2.45, 2.75) is 19.8 Å². The number of aromatic hydroxyl groups is 1. The smallest absolute Gasteiger partial charge is 0.306 e. The predicted octanol–water partition coefficient (Wildman–Crippen LogP) is 2.54. The molecule has 0 atom stereocenters. The van der Waals surface area contributed by atoms with Crippen LogP contribution in [0.5, 0.6) is 5.75 Å². The van der Waals surface area contributed by atoms with E-state index in [4.69, 9.17) is 16.3 Å². The van der Waals surface area contributed by atoms with Gasteiger partial charge in [0.2, 0.25) is 0 Å². The number of aryl methyl sites for hydroxylation is 1. The first kappa shape index (κ1) is 11.9. The van der Waals surface area contributed by atoms with E-state index < -0.39 is 0 Å². The van der Waals surface area contributed by atoms with Crippen LogP contribution in [0.25, 0.3) is 0 Å². The Morgan fingerprint density at radius 2 is 2.27 bits per heavy atom. The van der Waals surface area contributed by atoms with Gasteiger partial charge in [-0.15, -0.1) is 0 Å². The summed E-state index contributed by atoms with van der Waals surface area (Å²) in [6, 6.07) is 4.90. The molecule has 0 fully saturated rings. The van der Waals surface area contributed by atoms with Crippen LogP contribution in [0.4, 0.5) is 0 Å². The topological polar surface area (TPSA) is 46.5 Å². The van der Waals surface area contributed by atoms with Crippen molar-refractivity contribution in [3.05, 3.63) is 28.8 Å². The van der Waals surface area contributed by atoms with E-state index in [1.54, 1.807) is 19.1 Å². The molecule has 0 amide bonds. The highest BCUT2D eigenvalue weighted by atomic mass is 35.5. The third kappa shape index (κ3) is 3.80. The zero-order chi connectivity index (χ0) is 11.3. The lowest BCUT2D eigenvalue weighted by molar-refractivity contribution is -0.143. The molecule has 0 saturated heterocycles. The van der Waals surface area contributed by atoms with Crippen molar-refractivity contribution in [2.75, 3.05) is 6.61 Å². The number of esters is 1. The van der Waals surface area contributed by atoms with Gasteiger partial charge >= 0.3 is 5.97 Å². The molecule has 15 heavy (non-hydrogen) atoms. The molecule has 0 aliphatic carbocycles. The minimum atomic E-state index is -0.221. The Morgan fingerprint density at radius 1 is 1.53 bits per heavy atom. The molecule has 0 spiro atoms. The summed E-state index contributed by atoms with van der Waals surface area (Å²) in [5.41, 5.74) is 0.908. The summed E-state index contributed by atoms with van der Waals surface area (Å²) in [5, 5.41) is 9.48. The Balaban J connectivity index is 2.51. The molecule has 3 nitrogen and oxygen atoms in total. The van der Waals surface area contributed by atoms with Crippen molar-refractivity contribution >= 4 is 17.6 Å². The van der Waals surface area contributed by atoms with Crippen LogP contribution >= 0.6 is 11.6 Å². The lowest BCUT2D eigenvalue weighted by Gasteiger charge is -2.03. The van der Waals surface area contributed by atoms with Crippen LogP contribution in [0, 0.1) is 0 Å². The summed E-state index contributed by atoms with van der Waals surface area (Å²) < 4.78 is 4.80. The van der Waals surface area contributed by atoms with E-state index in [0.29, 0.717) is 24.5 Å². The maximum absolute atomic E-state index is 11.1. The van der Waals surface area contributed by atoms with E-state index in [-0.39, 0.29) is 11.7 Å². The standard InChI is InChI=1S/C11H13ClO3/c1-2-15-11(14)6-4-8-3-5-10(13)9(12)7-8/h3,5,7,13H,2,4,6H2,1H3. The highest BCUT2D eigenvalue weighted by Crippen LogP contribution is 2.24. The fourth-order valence-electron chi connectivity index (χ4n) is 1.19. The summed E-state index contributed by atoms with van der Waals surface area (Å²) in [7, 11) is 0. The summed E-state index contributed by atoms with van der Waals surface area (Å²) in [5.74, 6) is -0.168. The van der Waals surface area contributed by atoms with Crippen molar-refractivity contribution in [2.24, 2.45) is 0 Å². The van der Waals surface area contributed by atoms with Crippen molar-refractivity contribution in [1.29, 1.82) is 0 Å². The van der Waals surface area contributed by atoms with Gasteiger partial charge in [0.15, 0.2) is 0 Å². The van der Waals surface area contributed by atoms with E-state index in [2.05, 4.69) is 0 Å². The first-order valence-electron chi connectivity index (χ1n) is 4.76. The third-order valence-corrected chi connectivity index (χ3v) is 2.24. The number of carbonyl (C=O) groups excluding carboxylic acids is 1. The zero-order valence-electron chi connectivity index (χ0n) is 8.50. The number of hydrogen-bond acceptors (Lipinski definition) is 3. The largest absolute Gasteiger partial charge is 0.506 e. The van der Waals surface area contributed by atoms with Gasteiger partial charge < -0.3 is 9.84 Å². The monoisotopic (exact) mass is 228 g/mol. The molecule has 4 heteroatoms. The Labute approximate surface area is 93.6 Å². The molecule has 0 saturated carbocycles. The normalized spacial score (nSPS) is 10.0. The molecular formula is C11H13ClO3. The highest BCUT2D eigenvalue weighted by Gasteiger charge is 2.04. The first-order chi connectivity index (χ1) is 7.13. The molecular weight excluding hydrogens is 216 g/mol. The molecule has 1 aromatic rings. The lowest BCUT2D eigenvalue weighted by Crippen LogP contribution is -2.05. The lowest BCUT2D eigenvalue weighted by atomic mass is 10.1. The number of hydrogen-bond donors (Lipinski definition) is 1. The maximum atomic E-state index is 11.1. The van der Waals surface area contributed by atoms with Crippen LogP contribution in [0.1, 0.15) is 18.9 Å². The van der Waals surface area contributed by atoms with Crippen molar-refractivity contribution < 1.29 is 14.6 Å². The summed E-state index contributed by atoms with van der Waals surface area (Å²) in [4.78, 5) is 11.1. The van der Waals surface area contributed by atoms with Gasteiger partial charge in [-0.05, 0) is 31.0 Å². The number of rotatable bonds is 4. The Kier molecular flexibility index (Phi) is 4.43. The summed E-state index contributed by atoms with van der Waals surface area (Å²) in [6.45, 7) is 2.17. The molecule has 0 radical (unpaired) electrons. The molecule has 1 rings (SSSR count). The molecule has 1 N–H and O–H groups in total. The SMILES string of the molecule is CCOC(=O)CCc1ccc(O)c(Cl)c1. The molecule has 0 bridgehead atoms. The molecule has 0 aliphatic heterocycles.